The lowest BCUT2D eigenvalue weighted by atomic mass is 10.1. The van der Waals surface area contributed by atoms with Gasteiger partial charge in [-0.2, -0.15) is 13.2 Å². The largest absolute Gasteiger partial charge is 0.416 e. The molecule has 126 valence electrons. The number of benzene rings is 1. The summed E-state index contributed by atoms with van der Waals surface area (Å²) >= 11 is 0. The molecule has 1 amide bonds. The summed E-state index contributed by atoms with van der Waals surface area (Å²) in [5.74, 6) is -0.225. The zero-order chi connectivity index (χ0) is 16.4. The van der Waals surface area contributed by atoms with Crippen molar-refractivity contribution < 1.29 is 22.7 Å². The molecule has 0 spiro atoms. The third-order valence-electron chi connectivity index (χ3n) is 4.14. The molecule has 1 aromatic carbocycles. The van der Waals surface area contributed by atoms with Gasteiger partial charge in [0.2, 0.25) is 0 Å². The Morgan fingerprint density at radius 1 is 1.30 bits per heavy atom. The van der Waals surface area contributed by atoms with Gasteiger partial charge in [0.15, 0.2) is 0 Å². The van der Waals surface area contributed by atoms with Crippen molar-refractivity contribution in [1.29, 1.82) is 0 Å². The number of carbonyl (C=O) groups excluding carboxylic acids is 1. The van der Waals surface area contributed by atoms with Gasteiger partial charge in [0.1, 0.15) is 6.10 Å². The lowest BCUT2D eigenvalue weighted by Crippen LogP contribution is -2.49. The normalized spacial score (nSPS) is 22.0. The maximum absolute atomic E-state index is 13.1. The number of carbonyl (C=O) groups is 1. The van der Waals surface area contributed by atoms with Gasteiger partial charge in [0.05, 0.1) is 12.2 Å². The number of halogens is 3. The minimum Gasteiger partial charge on any atom is -0.366 e. The van der Waals surface area contributed by atoms with Crippen LogP contribution in [0, 0.1) is 0 Å². The molecule has 1 unspecified atom stereocenters. The predicted octanol–water partition coefficient (Wildman–Crippen LogP) is 2.18. The van der Waals surface area contributed by atoms with Gasteiger partial charge in [0, 0.05) is 25.7 Å². The maximum Gasteiger partial charge on any atom is 0.416 e. The first kappa shape index (κ1) is 16.3. The molecular weight excluding hydrogens is 309 g/mol. The van der Waals surface area contributed by atoms with Crippen molar-refractivity contribution in [1.82, 2.24) is 10.2 Å². The van der Waals surface area contributed by atoms with Gasteiger partial charge < -0.3 is 15.0 Å². The topological polar surface area (TPSA) is 41.6 Å². The summed E-state index contributed by atoms with van der Waals surface area (Å²) in [6, 6.07) is 5.45. The fourth-order valence-corrected chi connectivity index (χ4v) is 2.80. The van der Waals surface area contributed by atoms with Crippen LogP contribution < -0.4 is 5.32 Å². The van der Waals surface area contributed by atoms with Gasteiger partial charge in [-0.3, -0.25) is 4.79 Å². The fraction of sp³-hybridized carbons (Fsp3) is 0.562. The number of morpholine rings is 1. The molecule has 2 fully saturated rings. The molecule has 1 saturated heterocycles. The van der Waals surface area contributed by atoms with Crippen molar-refractivity contribution in [2.45, 2.75) is 37.7 Å². The summed E-state index contributed by atoms with van der Waals surface area (Å²) < 4.78 is 44.9. The molecule has 3 rings (SSSR count). The van der Waals surface area contributed by atoms with Crippen LogP contribution in [0.5, 0.6) is 0 Å². The number of alkyl halides is 3. The summed E-state index contributed by atoms with van der Waals surface area (Å²) in [6.07, 6.45) is -3.36. The number of nitrogens with one attached hydrogen (secondary N) is 1. The van der Waals surface area contributed by atoms with E-state index in [-0.39, 0.29) is 24.1 Å². The second-order valence-corrected chi connectivity index (χ2v) is 5.92. The van der Waals surface area contributed by atoms with Crippen LogP contribution in [-0.4, -0.2) is 42.6 Å². The molecular formula is C16H19F3N2O2. The molecule has 0 bridgehead atoms. The van der Waals surface area contributed by atoms with Crippen LogP contribution in [0.15, 0.2) is 24.3 Å². The Morgan fingerprint density at radius 2 is 2.04 bits per heavy atom. The highest BCUT2D eigenvalue weighted by Gasteiger charge is 2.39. The molecule has 23 heavy (non-hydrogen) atoms. The summed E-state index contributed by atoms with van der Waals surface area (Å²) in [4.78, 5) is 14.2. The molecule has 1 atom stereocenters. The first-order valence-corrected chi connectivity index (χ1v) is 7.74. The zero-order valence-corrected chi connectivity index (χ0v) is 12.6. The Hall–Kier alpha value is -1.60. The van der Waals surface area contributed by atoms with E-state index in [0.717, 1.165) is 18.9 Å². The highest BCUT2D eigenvalue weighted by atomic mass is 19.4. The van der Waals surface area contributed by atoms with Crippen molar-refractivity contribution in [3.05, 3.63) is 35.4 Å². The number of rotatable bonds is 4. The zero-order valence-electron chi connectivity index (χ0n) is 12.6. The van der Waals surface area contributed by atoms with Crippen molar-refractivity contribution >= 4 is 5.91 Å². The third kappa shape index (κ3) is 3.84. The van der Waals surface area contributed by atoms with Gasteiger partial charge in [-0.1, -0.05) is 18.2 Å². The Balaban J connectivity index is 1.79. The van der Waals surface area contributed by atoms with E-state index in [4.69, 9.17) is 4.74 Å². The lowest BCUT2D eigenvalue weighted by Gasteiger charge is -2.30. The molecule has 1 heterocycles. The van der Waals surface area contributed by atoms with Crippen LogP contribution in [0.4, 0.5) is 13.2 Å². The van der Waals surface area contributed by atoms with E-state index < -0.39 is 17.8 Å². The van der Waals surface area contributed by atoms with E-state index in [9.17, 15) is 18.0 Å². The van der Waals surface area contributed by atoms with Gasteiger partial charge in [-0.05, 0) is 24.5 Å². The average Bonchev–Trinajstić information content (AvgIpc) is 3.37. The molecule has 1 aromatic rings. The smallest absolute Gasteiger partial charge is 0.366 e. The monoisotopic (exact) mass is 328 g/mol. The molecule has 1 aliphatic heterocycles. The van der Waals surface area contributed by atoms with Gasteiger partial charge in [-0.25, -0.2) is 0 Å². The predicted molar refractivity (Wildman–Crippen MR) is 77.6 cm³/mol. The Bertz CT molecular complexity index is 567. The van der Waals surface area contributed by atoms with Gasteiger partial charge in [0.25, 0.3) is 5.91 Å². The standard InChI is InChI=1S/C16H19F3N2O2/c17-16(18,19)13-4-2-1-3-11(13)10-21(12-5-6-12)15(22)14-9-20-7-8-23-14/h1-4,12,14,20H,5-10H2. The SMILES string of the molecule is O=C(C1CNCCO1)N(Cc1ccccc1C(F)(F)F)C1CC1. The van der Waals surface area contributed by atoms with Crippen molar-refractivity contribution in [3.63, 3.8) is 0 Å². The number of hydrogen-bond acceptors (Lipinski definition) is 3. The van der Waals surface area contributed by atoms with Crippen LogP contribution in [-0.2, 0) is 22.3 Å². The van der Waals surface area contributed by atoms with Crippen molar-refractivity contribution in [3.8, 4) is 0 Å². The third-order valence-corrected chi connectivity index (χ3v) is 4.14. The number of ether oxygens (including phenoxy) is 1. The van der Waals surface area contributed by atoms with Crippen LogP contribution in [0.2, 0.25) is 0 Å². The summed E-state index contributed by atoms with van der Waals surface area (Å²) in [5.41, 5.74) is -0.551. The van der Waals surface area contributed by atoms with E-state index in [2.05, 4.69) is 5.32 Å². The lowest BCUT2D eigenvalue weighted by molar-refractivity contribution is -0.148. The van der Waals surface area contributed by atoms with E-state index in [1.54, 1.807) is 11.0 Å². The van der Waals surface area contributed by atoms with E-state index in [0.29, 0.717) is 19.7 Å². The maximum atomic E-state index is 13.1. The fourth-order valence-electron chi connectivity index (χ4n) is 2.80. The summed E-state index contributed by atoms with van der Waals surface area (Å²) in [5, 5.41) is 3.08. The highest BCUT2D eigenvalue weighted by Crippen LogP contribution is 2.35. The van der Waals surface area contributed by atoms with Crippen LogP contribution in [0.1, 0.15) is 24.0 Å². The van der Waals surface area contributed by atoms with E-state index in [1.807, 2.05) is 0 Å². The number of hydrogen-bond donors (Lipinski definition) is 1. The van der Waals surface area contributed by atoms with Crippen LogP contribution >= 0.6 is 0 Å². The Morgan fingerprint density at radius 3 is 2.65 bits per heavy atom. The molecule has 0 radical (unpaired) electrons. The van der Waals surface area contributed by atoms with Crippen molar-refractivity contribution in [2.24, 2.45) is 0 Å². The second kappa shape index (κ2) is 6.49. The molecule has 2 aliphatic rings. The molecule has 1 N–H and O–H groups in total. The minimum absolute atomic E-state index is 0.0225. The van der Waals surface area contributed by atoms with E-state index in [1.165, 1.54) is 12.1 Å². The summed E-state index contributed by atoms with van der Waals surface area (Å²) in [7, 11) is 0. The first-order valence-electron chi connectivity index (χ1n) is 7.74. The molecule has 4 nitrogen and oxygen atoms in total. The molecule has 1 saturated carbocycles. The Kier molecular flexibility index (Phi) is 4.59. The Labute approximate surface area is 132 Å². The van der Waals surface area contributed by atoms with Crippen LogP contribution in [0.3, 0.4) is 0 Å². The quantitative estimate of drug-likeness (QED) is 0.921. The molecule has 7 heteroatoms. The van der Waals surface area contributed by atoms with Gasteiger partial charge in [-0.15, -0.1) is 0 Å². The molecule has 0 aromatic heterocycles. The average molecular weight is 328 g/mol. The number of amides is 1. The number of nitrogens with zero attached hydrogens (tertiary/aromatic N) is 1. The van der Waals surface area contributed by atoms with Gasteiger partial charge >= 0.3 is 6.18 Å². The highest BCUT2D eigenvalue weighted by molar-refractivity contribution is 5.82. The van der Waals surface area contributed by atoms with E-state index >= 15 is 0 Å². The van der Waals surface area contributed by atoms with Crippen molar-refractivity contribution in [2.75, 3.05) is 19.7 Å². The second-order valence-electron chi connectivity index (χ2n) is 5.92. The minimum atomic E-state index is -4.42. The molecule has 1 aliphatic carbocycles. The van der Waals surface area contributed by atoms with Crippen LogP contribution in [0.25, 0.3) is 0 Å². The summed E-state index contributed by atoms with van der Waals surface area (Å²) in [6.45, 7) is 1.50. The first-order chi connectivity index (χ1) is 11.0.